The summed E-state index contributed by atoms with van der Waals surface area (Å²) >= 11 is 0. The van der Waals surface area contributed by atoms with E-state index in [1.54, 1.807) is 30.3 Å². The number of nitrogens with zero attached hydrogens (tertiary/aromatic N) is 2. The predicted octanol–water partition coefficient (Wildman–Crippen LogP) is 4.28. The van der Waals surface area contributed by atoms with Gasteiger partial charge in [0.2, 0.25) is 11.8 Å². The smallest absolute Gasteiger partial charge is 0.325 e. The van der Waals surface area contributed by atoms with E-state index in [9.17, 15) is 28.8 Å². The molecule has 0 aliphatic carbocycles. The van der Waals surface area contributed by atoms with Gasteiger partial charge in [0.1, 0.15) is 13.1 Å². The molecule has 46 heavy (non-hydrogen) atoms. The van der Waals surface area contributed by atoms with Crippen LogP contribution < -0.4 is 20.9 Å². The lowest BCUT2D eigenvalue weighted by atomic mass is 10.1. The number of aryl methyl sites for hydroxylation is 1. The van der Waals surface area contributed by atoms with Crippen LogP contribution in [0.5, 0.6) is 0 Å². The molecule has 13 nitrogen and oxygen atoms in total. The van der Waals surface area contributed by atoms with Gasteiger partial charge in [0.15, 0.2) is 0 Å². The summed E-state index contributed by atoms with van der Waals surface area (Å²) in [6, 6.07) is 18.0. The number of aliphatic carboxylic acids is 1. The van der Waals surface area contributed by atoms with E-state index in [0.717, 1.165) is 15.4 Å². The van der Waals surface area contributed by atoms with Crippen LogP contribution in [0, 0.1) is 6.92 Å². The number of para-hydroxylation sites is 1. The van der Waals surface area contributed by atoms with Crippen LogP contribution in [-0.4, -0.2) is 72.4 Å². The van der Waals surface area contributed by atoms with Crippen LogP contribution in [0.2, 0.25) is 0 Å². The SMILES string of the molecule is CC.COC(=O)CN1C(=O)CN(CCC(=O)O)C(=O)c2cc(NC(=O)Cc3ccc(NC(=O)Nc4ccccc4C)cc3)ccc21. The fourth-order valence-electron chi connectivity index (χ4n) is 4.52. The van der Waals surface area contributed by atoms with Crippen LogP contribution >= 0.6 is 0 Å². The number of rotatable bonds is 10. The third-order valence-electron chi connectivity index (χ3n) is 6.80. The zero-order chi connectivity index (χ0) is 33.8. The van der Waals surface area contributed by atoms with Crippen molar-refractivity contribution in [1.82, 2.24) is 4.90 Å². The fraction of sp³-hybridized carbons (Fsp3) is 0.273. The molecule has 0 aromatic heterocycles. The van der Waals surface area contributed by atoms with Crippen LogP contribution in [-0.2, 0) is 30.3 Å². The number of hydrogen-bond acceptors (Lipinski definition) is 7. The second-order valence-corrected chi connectivity index (χ2v) is 9.97. The van der Waals surface area contributed by atoms with Gasteiger partial charge < -0.3 is 30.7 Å². The molecule has 5 amide bonds. The van der Waals surface area contributed by atoms with Crippen molar-refractivity contribution in [1.29, 1.82) is 0 Å². The molecule has 3 aromatic rings. The number of ether oxygens (including phenoxy) is 1. The normalized spacial score (nSPS) is 12.2. The number of urea groups is 1. The maximum absolute atomic E-state index is 13.3. The van der Waals surface area contributed by atoms with E-state index in [1.165, 1.54) is 25.3 Å². The molecule has 0 spiro atoms. The van der Waals surface area contributed by atoms with Gasteiger partial charge in [-0.1, -0.05) is 44.2 Å². The van der Waals surface area contributed by atoms with Gasteiger partial charge in [-0.2, -0.15) is 0 Å². The summed E-state index contributed by atoms with van der Waals surface area (Å²) < 4.78 is 4.69. The minimum atomic E-state index is -1.14. The standard InChI is InChI=1S/C31H31N5O8.C2H6/c1-19-5-3-4-6-24(19)34-31(43)33-21-9-7-20(8-10-21)15-26(37)32-22-11-12-25-23(16-22)30(42)35(14-13-28(39)40)17-27(38)36(25)18-29(41)44-2;1-2/h3-12,16H,13-15,17-18H2,1-2H3,(H,32,37)(H,39,40)(H2,33,34,43);1-2H3. The van der Waals surface area contributed by atoms with Gasteiger partial charge in [0.05, 0.1) is 31.2 Å². The number of carboxylic acid groups (broad SMARTS) is 1. The average Bonchev–Trinajstić information content (AvgIpc) is 3.13. The molecule has 0 radical (unpaired) electrons. The minimum Gasteiger partial charge on any atom is -0.481 e. The molecule has 0 unspecified atom stereocenters. The number of hydrogen-bond donors (Lipinski definition) is 4. The molecule has 0 saturated heterocycles. The molecule has 1 aliphatic heterocycles. The second kappa shape index (κ2) is 16.4. The maximum Gasteiger partial charge on any atom is 0.325 e. The number of anilines is 4. The molecule has 13 heteroatoms. The second-order valence-electron chi connectivity index (χ2n) is 9.97. The Labute approximate surface area is 266 Å². The van der Waals surface area contributed by atoms with Crippen LogP contribution in [0.1, 0.15) is 41.8 Å². The Kier molecular flexibility index (Phi) is 12.4. The van der Waals surface area contributed by atoms with Crippen molar-refractivity contribution in [3.05, 3.63) is 83.4 Å². The molecular weight excluding hydrogens is 594 g/mol. The van der Waals surface area contributed by atoms with Crippen molar-refractivity contribution in [2.75, 3.05) is 47.6 Å². The number of fused-ring (bicyclic) bond motifs is 1. The number of carbonyl (C=O) groups excluding carboxylic acids is 5. The van der Waals surface area contributed by atoms with E-state index in [1.807, 2.05) is 39.0 Å². The Balaban J connectivity index is 0.00000282. The van der Waals surface area contributed by atoms with Crippen molar-refractivity contribution in [3.63, 3.8) is 0 Å². The molecule has 3 aromatic carbocycles. The number of nitrogens with one attached hydrogen (secondary N) is 3. The van der Waals surface area contributed by atoms with E-state index in [2.05, 4.69) is 20.7 Å². The molecule has 1 heterocycles. The average molecular weight is 632 g/mol. The van der Waals surface area contributed by atoms with E-state index in [-0.39, 0.29) is 36.3 Å². The Bertz CT molecular complexity index is 1610. The van der Waals surface area contributed by atoms with Gasteiger partial charge in [0.25, 0.3) is 5.91 Å². The molecule has 242 valence electrons. The van der Waals surface area contributed by atoms with E-state index in [0.29, 0.717) is 16.9 Å². The fourth-order valence-corrected chi connectivity index (χ4v) is 4.52. The molecule has 0 saturated carbocycles. The van der Waals surface area contributed by atoms with E-state index in [4.69, 9.17) is 5.11 Å². The van der Waals surface area contributed by atoms with Gasteiger partial charge in [-0.05, 0) is 54.4 Å². The minimum absolute atomic E-state index is 0.0155. The van der Waals surface area contributed by atoms with Gasteiger partial charge in [-0.3, -0.25) is 28.9 Å². The quantitative estimate of drug-likeness (QED) is 0.240. The molecule has 4 rings (SSSR count). The molecule has 1 aliphatic rings. The zero-order valence-corrected chi connectivity index (χ0v) is 26.1. The third-order valence-corrected chi connectivity index (χ3v) is 6.80. The lowest BCUT2D eigenvalue weighted by molar-refractivity contribution is -0.140. The first-order valence-electron chi connectivity index (χ1n) is 14.6. The van der Waals surface area contributed by atoms with Crippen molar-refractivity contribution in [2.24, 2.45) is 0 Å². The van der Waals surface area contributed by atoms with Crippen molar-refractivity contribution in [2.45, 2.75) is 33.6 Å². The summed E-state index contributed by atoms with van der Waals surface area (Å²) in [7, 11) is 1.17. The molecule has 4 N–H and O–H groups in total. The summed E-state index contributed by atoms with van der Waals surface area (Å²) in [5.74, 6) is -3.45. The highest BCUT2D eigenvalue weighted by Crippen LogP contribution is 2.29. The van der Waals surface area contributed by atoms with Gasteiger partial charge in [-0.15, -0.1) is 0 Å². The van der Waals surface area contributed by atoms with E-state index >= 15 is 0 Å². The first kappa shape index (κ1) is 34.8. The largest absolute Gasteiger partial charge is 0.481 e. The Morgan fingerprint density at radius 1 is 0.891 bits per heavy atom. The summed E-state index contributed by atoms with van der Waals surface area (Å²) in [6.07, 6.45) is -0.397. The predicted molar refractivity (Wildman–Crippen MR) is 173 cm³/mol. The monoisotopic (exact) mass is 631 g/mol. The highest BCUT2D eigenvalue weighted by Gasteiger charge is 2.33. The number of methoxy groups -OCH3 is 1. The molecule has 0 fully saturated rings. The van der Waals surface area contributed by atoms with Crippen LogP contribution in [0.4, 0.5) is 27.5 Å². The highest BCUT2D eigenvalue weighted by molar-refractivity contribution is 6.12. The lowest BCUT2D eigenvalue weighted by Gasteiger charge is -2.21. The van der Waals surface area contributed by atoms with E-state index < -0.39 is 48.8 Å². The lowest BCUT2D eigenvalue weighted by Crippen LogP contribution is -2.42. The molecule has 0 atom stereocenters. The maximum atomic E-state index is 13.3. The summed E-state index contributed by atoms with van der Waals surface area (Å²) in [4.78, 5) is 76.8. The van der Waals surface area contributed by atoms with Crippen LogP contribution in [0.3, 0.4) is 0 Å². The summed E-state index contributed by atoms with van der Waals surface area (Å²) in [5.41, 5.74) is 3.21. The Morgan fingerprint density at radius 3 is 2.22 bits per heavy atom. The van der Waals surface area contributed by atoms with Gasteiger partial charge >= 0.3 is 18.0 Å². The zero-order valence-electron chi connectivity index (χ0n) is 26.1. The van der Waals surface area contributed by atoms with Crippen LogP contribution in [0.25, 0.3) is 0 Å². The van der Waals surface area contributed by atoms with Crippen molar-refractivity contribution >= 4 is 58.4 Å². The number of carbonyl (C=O) groups is 6. The van der Waals surface area contributed by atoms with Gasteiger partial charge in [0, 0.05) is 23.6 Å². The number of carboxylic acids is 1. The number of amides is 5. The number of benzene rings is 3. The number of esters is 1. The Morgan fingerprint density at radius 2 is 1.57 bits per heavy atom. The summed E-state index contributed by atoms with van der Waals surface area (Å²) in [5, 5.41) is 17.3. The van der Waals surface area contributed by atoms with Crippen molar-refractivity contribution in [3.8, 4) is 0 Å². The first-order chi connectivity index (χ1) is 22.0. The first-order valence-corrected chi connectivity index (χ1v) is 14.6. The topological polar surface area (TPSA) is 174 Å². The molecule has 0 bridgehead atoms. The van der Waals surface area contributed by atoms with Gasteiger partial charge in [-0.25, -0.2) is 4.79 Å². The molecular formula is C33H37N5O8. The highest BCUT2D eigenvalue weighted by atomic mass is 16.5. The summed E-state index contributed by atoms with van der Waals surface area (Å²) in [6.45, 7) is 4.78. The van der Waals surface area contributed by atoms with Crippen molar-refractivity contribution < 1.29 is 38.6 Å². The van der Waals surface area contributed by atoms with Crippen LogP contribution in [0.15, 0.2) is 66.7 Å². The third kappa shape index (κ3) is 9.39. The Hall–Kier alpha value is -5.72.